The smallest absolute Gasteiger partial charge is 0.135 e. The summed E-state index contributed by atoms with van der Waals surface area (Å²) in [5.41, 5.74) is 12.9. The fourth-order valence-electron chi connectivity index (χ4n) is 9.45. The van der Waals surface area contributed by atoms with E-state index in [9.17, 15) is 0 Å². The molecule has 0 bridgehead atoms. The molecular weight excluding hydrogens is 605 g/mol. The van der Waals surface area contributed by atoms with Crippen LogP contribution in [0, 0.1) is 0 Å². The third kappa shape index (κ3) is 3.67. The van der Waals surface area contributed by atoms with Gasteiger partial charge in [-0.2, -0.15) is 0 Å². The molecular formula is C49H34O. The molecule has 1 heteroatoms. The molecule has 0 atom stereocenters. The molecule has 0 saturated carbocycles. The number of fused-ring (bicyclic) bond motifs is 12. The fourth-order valence-corrected chi connectivity index (χ4v) is 9.45. The van der Waals surface area contributed by atoms with E-state index in [0.717, 1.165) is 24.2 Å². The molecule has 236 valence electrons. The summed E-state index contributed by atoms with van der Waals surface area (Å²) in [6, 6.07) is 50.0. The van der Waals surface area contributed by atoms with Gasteiger partial charge >= 0.3 is 0 Å². The summed E-state index contributed by atoms with van der Waals surface area (Å²) in [4.78, 5) is 0. The Bertz CT molecular complexity index is 2890. The molecule has 0 unspecified atom stereocenters. The lowest BCUT2D eigenvalue weighted by molar-refractivity contribution is 0.595. The molecule has 11 rings (SSSR count). The van der Waals surface area contributed by atoms with Gasteiger partial charge in [0.25, 0.3) is 0 Å². The van der Waals surface area contributed by atoms with Crippen LogP contribution in [0.2, 0.25) is 0 Å². The normalized spacial score (nSPS) is 14.5. The first-order chi connectivity index (χ1) is 24.6. The van der Waals surface area contributed by atoms with Gasteiger partial charge in [0.2, 0.25) is 0 Å². The molecule has 1 heterocycles. The zero-order chi connectivity index (χ0) is 33.1. The van der Waals surface area contributed by atoms with E-state index in [4.69, 9.17) is 4.42 Å². The quantitative estimate of drug-likeness (QED) is 0.172. The lowest BCUT2D eigenvalue weighted by atomic mass is 9.80. The number of rotatable bonds is 2. The van der Waals surface area contributed by atoms with Crippen LogP contribution in [0.5, 0.6) is 0 Å². The molecule has 0 radical (unpaired) electrons. The summed E-state index contributed by atoms with van der Waals surface area (Å²) >= 11 is 0. The number of hydrogen-bond acceptors (Lipinski definition) is 1. The van der Waals surface area contributed by atoms with Gasteiger partial charge in [-0.1, -0.05) is 135 Å². The Morgan fingerprint density at radius 1 is 0.520 bits per heavy atom. The molecule has 0 spiro atoms. The van der Waals surface area contributed by atoms with Crippen molar-refractivity contribution in [2.45, 2.75) is 32.1 Å². The van der Waals surface area contributed by atoms with Gasteiger partial charge < -0.3 is 4.42 Å². The zero-order valence-electron chi connectivity index (χ0n) is 28.2. The van der Waals surface area contributed by atoms with Crippen molar-refractivity contribution < 1.29 is 4.42 Å². The van der Waals surface area contributed by atoms with Gasteiger partial charge in [-0.15, -0.1) is 0 Å². The van der Waals surface area contributed by atoms with Crippen LogP contribution in [0.1, 0.15) is 42.7 Å². The molecule has 0 aliphatic heterocycles. The number of benzene rings is 8. The summed E-state index contributed by atoms with van der Waals surface area (Å²) in [5.74, 6) is 1.02. The third-order valence-electron chi connectivity index (χ3n) is 11.7. The molecule has 8 aromatic carbocycles. The second kappa shape index (κ2) is 10.1. The minimum Gasteiger partial charge on any atom is -0.456 e. The van der Waals surface area contributed by atoms with Crippen LogP contribution in [0.25, 0.3) is 93.5 Å². The molecule has 2 aliphatic carbocycles. The van der Waals surface area contributed by atoms with Crippen LogP contribution >= 0.6 is 0 Å². The minimum atomic E-state index is -0.142. The second-order valence-corrected chi connectivity index (χ2v) is 14.7. The lowest BCUT2D eigenvalue weighted by Crippen LogP contribution is -2.15. The molecule has 0 saturated heterocycles. The van der Waals surface area contributed by atoms with E-state index in [1.165, 1.54) is 98.5 Å². The molecule has 0 N–H and O–H groups in total. The van der Waals surface area contributed by atoms with E-state index in [-0.39, 0.29) is 5.41 Å². The first kappa shape index (κ1) is 28.0. The van der Waals surface area contributed by atoms with Gasteiger partial charge in [0.05, 0.1) is 0 Å². The summed E-state index contributed by atoms with van der Waals surface area (Å²) in [6.45, 7) is 4.80. The maximum Gasteiger partial charge on any atom is 0.135 e. The van der Waals surface area contributed by atoms with E-state index in [1.54, 1.807) is 0 Å². The third-order valence-corrected chi connectivity index (χ3v) is 11.7. The Morgan fingerprint density at radius 2 is 1.18 bits per heavy atom. The Kier molecular flexibility index (Phi) is 5.63. The van der Waals surface area contributed by atoms with E-state index in [1.807, 2.05) is 0 Å². The number of aryl methyl sites for hydroxylation is 1. The molecule has 0 fully saturated rings. The van der Waals surface area contributed by atoms with Gasteiger partial charge in [0.1, 0.15) is 11.3 Å². The van der Waals surface area contributed by atoms with Gasteiger partial charge in [-0.3, -0.25) is 0 Å². The van der Waals surface area contributed by atoms with Crippen LogP contribution < -0.4 is 0 Å². The predicted molar refractivity (Wildman–Crippen MR) is 212 cm³/mol. The van der Waals surface area contributed by atoms with Crippen LogP contribution in [-0.4, -0.2) is 0 Å². The SMILES string of the molecule is CC1(C)c2cc(-c3c4ccccc4c(-c4cccc5ccccc45)c4ccccc34)ccc2-c2c1ccc1c2ccc2oc3c(c21)CCC=C3. The molecule has 1 aromatic heterocycles. The Balaban J connectivity index is 1.17. The van der Waals surface area contributed by atoms with Gasteiger partial charge in [0, 0.05) is 16.4 Å². The highest BCUT2D eigenvalue weighted by molar-refractivity contribution is 6.24. The molecule has 9 aromatic rings. The van der Waals surface area contributed by atoms with Gasteiger partial charge in [-0.05, 0) is 125 Å². The van der Waals surface area contributed by atoms with E-state index >= 15 is 0 Å². The van der Waals surface area contributed by atoms with E-state index < -0.39 is 0 Å². The Labute approximate surface area is 291 Å². The second-order valence-electron chi connectivity index (χ2n) is 14.7. The molecule has 1 nitrogen and oxygen atoms in total. The average molecular weight is 639 g/mol. The van der Waals surface area contributed by atoms with Crippen molar-refractivity contribution in [2.75, 3.05) is 0 Å². The highest BCUT2D eigenvalue weighted by atomic mass is 16.3. The van der Waals surface area contributed by atoms with E-state index in [0.29, 0.717) is 0 Å². The lowest BCUT2D eigenvalue weighted by Gasteiger charge is -2.23. The fraction of sp³-hybridized carbons (Fsp3) is 0.102. The first-order valence-electron chi connectivity index (χ1n) is 17.8. The number of hydrogen-bond donors (Lipinski definition) is 0. The number of furan rings is 1. The zero-order valence-corrected chi connectivity index (χ0v) is 28.2. The van der Waals surface area contributed by atoms with Crippen molar-refractivity contribution in [3.63, 3.8) is 0 Å². The standard InChI is InChI=1S/C49H34O/c1-49(2)41-26-24-38-37(25-27-44-48(38)40-19-9-10-21-43(40)50-44)47(41)39-23-22-30(28-42(39)49)45-33-15-5-7-17-35(33)46(36-18-8-6-16-34(36)45)32-20-11-13-29-12-3-4-14-31(29)32/h3-8,10-18,20-28H,9,19H2,1-2H3. The monoisotopic (exact) mass is 638 g/mol. The van der Waals surface area contributed by atoms with Gasteiger partial charge in [-0.25, -0.2) is 0 Å². The summed E-state index contributed by atoms with van der Waals surface area (Å²) in [7, 11) is 0. The molecule has 0 amide bonds. The Hall–Kier alpha value is -5.92. The van der Waals surface area contributed by atoms with Crippen LogP contribution in [0.3, 0.4) is 0 Å². The molecule has 50 heavy (non-hydrogen) atoms. The summed E-state index contributed by atoms with van der Waals surface area (Å²) in [5, 5.41) is 11.6. The predicted octanol–water partition coefficient (Wildman–Crippen LogP) is 13.6. The topological polar surface area (TPSA) is 13.1 Å². The summed E-state index contributed by atoms with van der Waals surface area (Å²) < 4.78 is 6.33. The van der Waals surface area contributed by atoms with Crippen LogP contribution in [0.15, 0.2) is 144 Å². The molecule has 2 aliphatic rings. The average Bonchev–Trinajstić information content (AvgIpc) is 3.65. The maximum absolute atomic E-state index is 6.33. The largest absolute Gasteiger partial charge is 0.456 e. The van der Waals surface area contributed by atoms with Crippen molar-refractivity contribution >= 4 is 60.1 Å². The van der Waals surface area contributed by atoms with Crippen molar-refractivity contribution in [3.8, 4) is 33.4 Å². The maximum atomic E-state index is 6.33. The van der Waals surface area contributed by atoms with Crippen molar-refractivity contribution in [3.05, 3.63) is 162 Å². The van der Waals surface area contributed by atoms with E-state index in [2.05, 4.69) is 159 Å². The highest BCUT2D eigenvalue weighted by Gasteiger charge is 2.37. The van der Waals surface area contributed by atoms with Crippen molar-refractivity contribution in [2.24, 2.45) is 0 Å². The number of allylic oxidation sites excluding steroid dienone is 1. The first-order valence-corrected chi connectivity index (χ1v) is 17.8. The van der Waals surface area contributed by atoms with Gasteiger partial charge in [0.15, 0.2) is 0 Å². The summed E-state index contributed by atoms with van der Waals surface area (Å²) in [6.07, 6.45) is 6.47. The van der Waals surface area contributed by atoms with Crippen LogP contribution in [0.4, 0.5) is 0 Å². The minimum absolute atomic E-state index is 0.142. The Morgan fingerprint density at radius 3 is 1.96 bits per heavy atom. The van der Waals surface area contributed by atoms with Crippen molar-refractivity contribution in [1.29, 1.82) is 0 Å². The highest BCUT2D eigenvalue weighted by Crippen LogP contribution is 2.54. The van der Waals surface area contributed by atoms with Crippen molar-refractivity contribution in [1.82, 2.24) is 0 Å². The van der Waals surface area contributed by atoms with Crippen LogP contribution in [-0.2, 0) is 11.8 Å².